The Morgan fingerprint density at radius 1 is 1.13 bits per heavy atom. The number of hydrogen-bond donors (Lipinski definition) is 2. The van der Waals surface area contributed by atoms with Crippen LogP contribution in [0.4, 0.5) is 5.69 Å². The molecule has 0 unspecified atom stereocenters. The highest BCUT2D eigenvalue weighted by molar-refractivity contribution is 6.33. The smallest absolute Gasteiger partial charge is 0.273 e. The van der Waals surface area contributed by atoms with Gasteiger partial charge in [-0.25, -0.2) is 0 Å². The fourth-order valence-electron chi connectivity index (χ4n) is 2.31. The molecule has 2 N–H and O–H groups in total. The molecule has 116 valence electrons. The Morgan fingerprint density at radius 3 is 2.70 bits per heavy atom. The first-order chi connectivity index (χ1) is 11.0. The number of aromatic amines is 1. The second-order valence-corrected chi connectivity index (χ2v) is 5.83. The van der Waals surface area contributed by atoms with Gasteiger partial charge in [0, 0.05) is 11.3 Å². The van der Waals surface area contributed by atoms with E-state index in [0.717, 1.165) is 22.4 Å². The first kappa shape index (κ1) is 15.3. The maximum atomic E-state index is 12.4. The average Bonchev–Trinajstić information content (AvgIpc) is 3.01. The maximum absolute atomic E-state index is 12.4. The van der Waals surface area contributed by atoms with Gasteiger partial charge in [-0.05, 0) is 43.2 Å². The van der Waals surface area contributed by atoms with Gasteiger partial charge in [0.05, 0.1) is 10.7 Å². The minimum atomic E-state index is -0.232. The van der Waals surface area contributed by atoms with Gasteiger partial charge in [-0.15, -0.1) is 0 Å². The molecule has 23 heavy (non-hydrogen) atoms. The van der Waals surface area contributed by atoms with E-state index in [9.17, 15) is 4.79 Å². The zero-order chi connectivity index (χ0) is 16.4. The number of rotatable bonds is 3. The van der Waals surface area contributed by atoms with Crippen molar-refractivity contribution in [1.29, 1.82) is 0 Å². The van der Waals surface area contributed by atoms with Gasteiger partial charge in [-0.3, -0.25) is 9.89 Å². The van der Waals surface area contributed by atoms with Gasteiger partial charge < -0.3 is 5.32 Å². The molecule has 1 heterocycles. The Hall–Kier alpha value is -2.59. The summed E-state index contributed by atoms with van der Waals surface area (Å²) in [5, 5.41) is 10.4. The van der Waals surface area contributed by atoms with Gasteiger partial charge in [-0.2, -0.15) is 5.10 Å². The van der Waals surface area contributed by atoms with Crippen LogP contribution in [0.3, 0.4) is 0 Å². The summed E-state index contributed by atoms with van der Waals surface area (Å²) in [6.07, 6.45) is 0. The largest absolute Gasteiger partial charge is 0.320 e. The van der Waals surface area contributed by atoms with Crippen molar-refractivity contribution in [3.63, 3.8) is 0 Å². The quantitative estimate of drug-likeness (QED) is 0.739. The third-order valence-electron chi connectivity index (χ3n) is 3.61. The highest BCUT2D eigenvalue weighted by Gasteiger charge is 2.13. The molecule has 0 bridgehead atoms. The molecule has 3 rings (SSSR count). The fraction of sp³-hybridized carbons (Fsp3) is 0.111. The van der Waals surface area contributed by atoms with Crippen LogP contribution in [-0.2, 0) is 0 Å². The third-order valence-corrected chi connectivity index (χ3v) is 3.94. The number of hydrogen-bond acceptors (Lipinski definition) is 2. The lowest BCUT2D eigenvalue weighted by Gasteiger charge is -2.08. The number of anilines is 1. The molecule has 0 radical (unpaired) electrons. The van der Waals surface area contributed by atoms with E-state index in [1.165, 1.54) is 0 Å². The van der Waals surface area contributed by atoms with E-state index in [1.54, 1.807) is 12.1 Å². The Kier molecular flexibility index (Phi) is 4.17. The summed E-state index contributed by atoms with van der Waals surface area (Å²) in [5.74, 6) is -0.232. The fourth-order valence-corrected chi connectivity index (χ4v) is 2.54. The zero-order valence-corrected chi connectivity index (χ0v) is 13.6. The number of nitrogens with one attached hydrogen (secondary N) is 2. The van der Waals surface area contributed by atoms with E-state index in [2.05, 4.69) is 15.5 Å². The van der Waals surface area contributed by atoms with Crippen LogP contribution in [0, 0.1) is 13.8 Å². The van der Waals surface area contributed by atoms with Gasteiger partial charge >= 0.3 is 0 Å². The number of carbonyl (C=O) groups is 1. The van der Waals surface area contributed by atoms with Crippen molar-refractivity contribution in [1.82, 2.24) is 10.2 Å². The predicted molar refractivity (Wildman–Crippen MR) is 92.9 cm³/mol. The normalized spacial score (nSPS) is 10.6. The molecule has 0 aliphatic heterocycles. The summed E-state index contributed by atoms with van der Waals surface area (Å²) in [6.45, 7) is 3.94. The lowest BCUT2D eigenvalue weighted by atomic mass is 10.1. The van der Waals surface area contributed by atoms with Crippen molar-refractivity contribution in [2.75, 3.05) is 5.32 Å². The minimum Gasteiger partial charge on any atom is -0.320 e. The highest BCUT2D eigenvalue weighted by Crippen LogP contribution is 2.26. The third kappa shape index (κ3) is 3.27. The van der Waals surface area contributed by atoms with Crippen molar-refractivity contribution >= 4 is 23.2 Å². The SMILES string of the molecule is Cc1ccc(C)c(NC(=O)c2cc(-c3ccccc3Cl)n[nH]2)c1. The van der Waals surface area contributed by atoms with E-state index in [0.29, 0.717) is 16.4 Å². The van der Waals surface area contributed by atoms with Crippen LogP contribution in [-0.4, -0.2) is 16.1 Å². The molecule has 0 spiro atoms. The number of aromatic nitrogens is 2. The molecule has 0 aliphatic rings. The monoisotopic (exact) mass is 325 g/mol. The summed E-state index contributed by atoms with van der Waals surface area (Å²) in [6, 6.07) is 15.0. The number of nitrogens with zero attached hydrogens (tertiary/aromatic N) is 1. The number of aryl methyl sites for hydroxylation is 2. The average molecular weight is 326 g/mol. The van der Waals surface area contributed by atoms with Crippen LogP contribution in [0.2, 0.25) is 5.02 Å². The molecule has 1 amide bonds. The van der Waals surface area contributed by atoms with Crippen molar-refractivity contribution in [3.05, 3.63) is 70.4 Å². The second kappa shape index (κ2) is 6.26. The van der Waals surface area contributed by atoms with Gasteiger partial charge in [0.15, 0.2) is 0 Å². The van der Waals surface area contributed by atoms with Crippen LogP contribution in [0.25, 0.3) is 11.3 Å². The van der Waals surface area contributed by atoms with Crippen LogP contribution < -0.4 is 5.32 Å². The van der Waals surface area contributed by atoms with E-state index in [-0.39, 0.29) is 5.91 Å². The number of benzene rings is 2. The molecule has 2 aromatic carbocycles. The summed E-state index contributed by atoms with van der Waals surface area (Å²) >= 11 is 6.16. The van der Waals surface area contributed by atoms with Gasteiger partial charge in [-0.1, -0.05) is 41.9 Å². The molecule has 0 saturated heterocycles. The predicted octanol–water partition coefficient (Wildman–Crippen LogP) is 4.60. The Labute approximate surface area is 139 Å². The Bertz CT molecular complexity index is 870. The summed E-state index contributed by atoms with van der Waals surface area (Å²) in [7, 11) is 0. The Balaban J connectivity index is 1.84. The topological polar surface area (TPSA) is 57.8 Å². The van der Waals surface area contributed by atoms with Crippen molar-refractivity contribution in [2.24, 2.45) is 0 Å². The van der Waals surface area contributed by atoms with Crippen LogP contribution in [0.15, 0.2) is 48.5 Å². The van der Waals surface area contributed by atoms with Crippen LogP contribution >= 0.6 is 11.6 Å². The zero-order valence-electron chi connectivity index (χ0n) is 12.9. The molecule has 0 aliphatic carbocycles. The molecule has 0 atom stereocenters. The Morgan fingerprint density at radius 2 is 1.91 bits per heavy atom. The van der Waals surface area contributed by atoms with Crippen molar-refractivity contribution in [3.8, 4) is 11.3 Å². The van der Waals surface area contributed by atoms with E-state index in [1.807, 2.05) is 50.2 Å². The number of H-pyrrole nitrogens is 1. The first-order valence-electron chi connectivity index (χ1n) is 7.23. The molecule has 4 nitrogen and oxygen atoms in total. The number of carbonyl (C=O) groups excluding carboxylic acids is 1. The summed E-state index contributed by atoms with van der Waals surface area (Å²) in [4.78, 5) is 12.4. The van der Waals surface area contributed by atoms with Crippen LogP contribution in [0.5, 0.6) is 0 Å². The molecule has 1 aromatic heterocycles. The lowest BCUT2D eigenvalue weighted by molar-refractivity contribution is 0.102. The van der Waals surface area contributed by atoms with Crippen LogP contribution in [0.1, 0.15) is 21.6 Å². The minimum absolute atomic E-state index is 0.232. The molecule has 0 fully saturated rings. The number of halogens is 1. The maximum Gasteiger partial charge on any atom is 0.273 e. The molecule has 3 aromatic rings. The first-order valence-corrected chi connectivity index (χ1v) is 7.61. The standard InChI is InChI=1S/C18H16ClN3O/c1-11-7-8-12(2)15(9-11)20-18(23)17-10-16(21-22-17)13-5-3-4-6-14(13)19/h3-10H,1-2H3,(H,20,23)(H,21,22). The van der Waals surface area contributed by atoms with E-state index < -0.39 is 0 Å². The molecular formula is C18H16ClN3O. The molecule has 5 heteroatoms. The molecule has 0 saturated carbocycles. The van der Waals surface area contributed by atoms with Gasteiger partial charge in [0.25, 0.3) is 5.91 Å². The second-order valence-electron chi connectivity index (χ2n) is 5.42. The van der Waals surface area contributed by atoms with E-state index >= 15 is 0 Å². The lowest BCUT2D eigenvalue weighted by Crippen LogP contribution is -2.13. The molecular weight excluding hydrogens is 310 g/mol. The number of amides is 1. The van der Waals surface area contributed by atoms with Crippen molar-refractivity contribution in [2.45, 2.75) is 13.8 Å². The summed E-state index contributed by atoms with van der Waals surface area (Å²) < 4.78 is 0. The highest BCUT2D eigenvalue weighted by atomic mass is 35.5. The van der Waals surface area contributed by atoms with Crippen molar-refractivity contribution < 1.29 is 4.79 Å². The van der Waals surface area contributed by atoms with E-state index in [4.69, 9.17) is 11.6 Å². The summed E-state index contributed by atoms with van der Waals surface area (Å²) in [5.41, 5.74) is 4.71. The van der Waals surface area contributed by atoms with Gasteiger partial charge in [0.1, 0.15) is 5.69 Å². The van der Waals surface area contributed by atoms with Gasteiger partial charge in [0.2, 0.25) is 0 Å².